The summed E-state index contributed by atoms with van der Waals surface area (Å²) in [4.78, 5) is 13.3. The van der Waals surface area contributed by atoms with E-state index in [9.17, 15) is 0 Å². The topological polar surface area (TPSA) is 58.9 Å². The molecular weight excluding hydrogens is 240 g/mol. The summed E-state index contributed by atoms with van der Waals surface area (Å²) >= 11 is 0. The van der Waals surface area contributed by atoms with Crippen LogP contribution in [0.15, 0.2) is 39.6 Å². The van der Waals surface area contributed by atoms with Crippen molar-refractivity contribution in [3.63, 3.8) is 0 Å². The maximum Gasteiger partial charge on any atom is 0.212 e. The minimum atomic E-state index is -0.0629. The van der Waals surface area contributed by atoms with E-state index in [1.54, 1.807) is 13.3 Å². The molecule has 0 saturated carbocycles. The average Bonchev–Trinajstić information content (AvgIpc) is 2.47. The largest absolute Gasteiger partial charge is 0.481 e. The van der Waals surface area contributed by atoms with Gasteiger partial charge in [0.25, 0.3) is 0 Å². The number of rotatable bonds is 2. The Hall–Kier alpha value is -2.17. The predicted molar refractivity (Wildman–Crippen MR) is 74.7 cm³/mol. The van der Waals surface area contributed by atoms with Crippen molar-refractivity contribution in [2.24, 2.45) is 9.98 Å². The minimum absolute atomic E-state index is 0.0629. The Morgan fingerprint density at radius 2 is 2.26 bits per heavy atom. The quantitative estimate of drug-likeness (QED) is 0.879. The van der Waals surface area contributed by atoms with Gasteiger partial charge in [0.2, 0.25) is 5.88 Å². The lowest BCUT2D eigenvalue weighted by Crippen LogP contribution is -2.33. The number of aromatic nitrogens is 1. The van der Waals surface area contributed by atoms with Crippen LogP contribution < -0.4 is 10.1 Å². The number of fused-ring (bicyclic) bond motifs is 1. The smallest absolute Gasteiger partial charge is 0.212 e. The molecule has 0 radical (unpaired) electrons. The number of hydrogen-bond acceptors (Lipinski definition) is 5. The van der Waals surface area contributed by atoms with Gasteiger partial charge < -0.3 is 10.1 Å². The second kappa shape index (κ2) is 4.84. The first-order valence-corrected chi connectivity index (χ1v) is 6.34. The van der Waals surface area contributed by atoms with Crippen LogP contribution in [-0.4, -0.2) is 30.3 Å². The molecule has 1 N–H and O–H groups in total. The zero-order valence-electron chi connectivity index (χ0n) is 11.1. The predicted octanol–water partition coefficient (Wildman–Crippen LogP) is 1.90. The molecule has 3 heterocycles. The highest BCUT2D eigenvalue weighted by molar-refractivity contribution is 6.00. The number of aliphatic imine (C=N–C) groups is 2. The molecule has 0 amide bonds. The van der Waals surface area contributed by atoms with E-state index in [2.05, 4.69) is 27.2 Å². The van der Waals surface area contributed by atoms with Gasteiger partial charge >= 0.3 is 0 Å². The minimum Gasteiger partial charge on any atom is -0.481 e. The summed E-state index contributed by atoms with van der Waals surface area (Å²) in [5, 5.41) is 3.34. The summed E-state index contributed by atoms with van der Waals surface area (Å²) < 4.78 is 5.06. The summed E-state index contributed by atoms with van der Waals surface area (Å²) in [5.74, 6) is 1.42. The molecule has 0 bridgehead atoms. The van der Waals surface area contributed by atoms with Gasteiger partial charge in [-0.2, -0.15) is 0 Å². The van der Waals surface area contributed by atoms with Gasteiger partial charge in [-0.1, -0.05) is 0 Å². The van der Waals surface area contributed by atoms with E-state index in [0.717, 1.165) is 29.9 Å². The molecule has 1 unspecified atom stereocenters. The Kier molecular flexibility index (Phi) is 3.03. The molecule has 1 aromatic rings. The summed E-state index contributed by atoms with van der Waals surface area (Å²) in [6.07, 6.45) is 5.69. The fourth-order valence-electron chi connectivity index (χ4n) is 2.31. The van der Waals surface area contributed by atoms with Crippen LogP contribution in [0, 0.1) is 0 Å². The van der Waals surface area contributed by atoms with Gasteiger partial charge in [0.1, 0.15) is 5.84 Å². The first kappa shape index (κ1) is 11.9. The summed E-state index contributed by atoms with van der Waals surface area (Å²) in [6.45, 7) is 2.08. The fraction of sp³-hybridized carbons (Fsp3) is 0.357. The Labute approximate surface area is 112 Å². The molecule has 0 saturated heterocycles. The average molecular weight is 256 g/mol. The normalized spacial score (nSPS) is 21.6. The van der Waals surface area contributed by atoms with Crippen LogP contribution in [0.25, 0.3) is 0 Å². The standard InChI is InChI=1S/C14H16N4O/c1-9-11-4-3-7-15-14(11)18-13(17-9)10-5-6-12(19-2)16-8-10/h5-8,14H,3-4H2,1-2H3,(H,17,18). The van der Waals surface area contributed by atoms with Gasteiger partial charge in [-0.25, -0.2) is 9.98 Å². The van der Waals surface area contributed by atoms with E-state index >= 15 is 0 Å². The molecule has 3 rings (SSSR count). The molecule has 5 heteroatoms. The second-order valence-corrected chi connectivity index (χ2v) is 4.59. The molecule has 1 atom stereocenters. The highest BCUT2D eigenvalue weighted by Crippen LogP contribution is 2.25. The van der Waals surface area contributed by atoms with Crippen LogP contribution in [0.3, 0.4) is 0 Å². The van der Waals surface area contributed by atoms with Crippen molar-refractivity contribution < 1.29 is 4.74 Å². The van der Waals surface area contributed by atoms with Gasteiger partial charge in [-0.15, -0.1) is 0 Å². The third kappa shape index (κ3) is 2.23. The zero-order valence-corrected chi connectivity index (χ0v) is 11.1. The highest BCUT2D eigenvalue weighted by atomic mass is 16.5. The van der Waals surface area contributed by atoms with Crippen LogP contribution >= 0.6 is 0 Å². The van der Waals surface area contributed by atoms with E-state index in [0.29, 0.717) is 5.88 Å². The Morgan fingerprint density at radius 1 is 1.37 bits per heavy atom. The lowest BCUT2D eigenvalue weighted by molar-refractivity contribution is 0.398. The fourth-order valence-corrected chi connectivity index (χ4v) is 2.31. The van der Waals surface area contributed by atoms with Crippen LogP contribution in [-0.2, 0) is 0 Å². The summed E-state index contributed by atoms with van der Waals surface area (Å²) in [5.41, 5.74) is 3.38. The number of allylic oxidation sites excluding steroid dienone is 1. The molecule has 0 spiro atoms. The van der Waals surface area contributed by atoms with E-state index < -0.39 is 0 Å². The van der Waals surface area contributed by atoms with E-state index in [1.807, 2.05) is 18.3 Å². The Bertz CT molecular complexity index is 572. The molecule has 5 nitrogen and oxygen atoms in total. The van der Waals surface area contributed by atoms with Crippen molar-refractivity contribution in [1.82, 2.24) is 10.3 Å². The van der Waals surface area contributed by atoms with Crippen molar-refractivity contribution in [2.45, 2.75) is 25.9 Å². The van der Waals surface area contributed by atoms with Crippen LogP contribution in [0.2, 0.25) is 0 Å². The van der Waals surface area contributed by atoms with Gasteiger partial charge in [-0.05, 0) is 31.4 Å². The molecule has 0 aliphatic carbocycles. The third-order valence-corrected chi connectivity index (χ3v) is 3.36. The molecule has 19 heavy (non-hydrogen) atoms. The summed E-state index contributed by atoms with van der Waals surface area (Å²) in [7, 11) is 1.61. The summed E-state index contributed by atoms with van der Waals surface area (Å²) in [6, 6.07) is 3.78. The van der Waals surface area contributed by atoms with Crippen LogP contribution in [0.1, 0.15) is 25.3 Å². The molecule has 0 fully saturated rings. The number of nitrogens with one attached hydrogen (secondary N) is 1. The van der Waals surface area contributed by atoms with Crippen molar-refractivity contribution in [1.29, 1.82) is 0 Å². The zero-order chi connectivity index (χ0) is 13.2. The molecule has 2 aliphatic heterocycles. The number of ether oxygens (including phenoxy) is 1. The number of pyridine rings is 1. The lowest BCUT2D eigenvalue weighted by atomic mass is 10.0. The third-order valence-electron chi connectivity index (χ3n) is 3.36. The van der Waals surface area contributed by atoms with Gasteiger partial charge in [0, 0.05) is 29.7 Å². The maximum absolute atomic E-state index is 5.06. The van der Waals surface area contributed by atoms with Crippen molar-refractivity contribution in [3.05, 3.63) is 35.2 Å². The molecule has 98 valence electrons. The van der Waals surface area contributed by atoms with E-state index in [-0.39, 0.29) is 6.17 Å². The monoisotopic (exact) mass is 256 g/mol. The molecule has 1 aromatic heterocycles. The van der Waals surface area contributed by atoms with Crippen molar-refractivity contribution >= 4 is 12.1 Å². The van der Waals surface area contributed by atoms with Gasteiger partial charge in [0.05, 0.1) is 7.11 Å². The number of hydrogen-bond donors (Lipinski definition) is 1. The second-order valence-electron chi connectivity index (χ2n) is 4.59. The van der Waals surface area contributed by atoms with Crippen molar-refractivity contribution in [2.75, 3.05) is 7.11 Å². The Balaban J connectivity index is 1.91. The molecule has 2 aliphatic rings. The number of amidine groups is 1. The van der Waals surface area contributed by atoms with Crippen LogP contribution in [0.5, 0.6) is 5.88 Å². The number of nitrogens with zero attached hydrogens (tertiary/aromatic N) is 3. The van der Waals surface area contributed by atoms with E-state index in [4.69, 9.17) is 4.74 Å². The molecular formula is C14H16N4O. The maximum atomic E-state index is 5.06. The van der Waals surface area contributed by atoms with Gasteiger partial charge in [0.15, 0.2) is 6.17 Å². The van der Waals surface area contributed by atoms with Crippen molar-refractivity contribution in [3.8, 4) is 5.88 Å². The van der Waals surface area contributed by atoms with Crippen LogP contribution in [0.4, 0.5) is 0 Å². The lowest BCUT2D eigenvalue weighted by Gasteiger charge is -2.26. The Morgan fingerprint density at radius 3 is 3.00 bits per heavy atom. The first-order valence-electron chi connectivity index (χ1n) is 6.34. The van der Waals surface area contributed by atoms with Gasteiger partial charge in [-0.3, -0.25) is 4.99 Å². The number of methoxy groups -OCH3 is 1. The highest BCUT2D eigenvalue weighted by Gasteiger charge is 2.23. The SMILES string of the molecule is COc1ccc(C2=NC3N=CCCC3=C(C)N2)cn1. The first-order chi connectivity index (χ1) is 9.28. The molecule has 0 aromatic carbocycles. The van der Waals surface area contributed by atoms with E-state index in [1.165, 1.54) is 5.57 Å².